The van der Waals surface area contributed by atoms with Gasteiger partial charge in [-0.25, -0.2) is 4.98 Å². The zero-order chi connectivity index (χ0) is 17.4. The van der Waals surface area contributed by atoms with Gasteiger partial charge < -0.3 is 15.0 Å². The van der Waals surface area contributed by atoms with E-state index in [4.69, 9.17) is 4.74 Å². The van der Waals surface area contributed by atoms with Gasteiger partial charge in [-0.2, -0.15) is 0 Å². The molecule has 1 saturated carbocycles. The van der Waals surface area contributed by atoms with Crippen molar-refractivity contribution >= 4 is 5.82 Å². The number of hydrogen-bond acceptors (Lipinski definition) is 4. The van der Waals surface area contributed by atoms with E-state index < -0.39 is 0 Å². The first kappa shape index (κ1) is 16.1. The van der Waals surface area contributed by atoms with Gasteiger partial charge in [0.1, 0.15) is 17.2 Å². The highest BCUT2D eigenvalue weighted by Crippen LogP contribution is 2.49. The molecule has 1 spiro atoms. The van der Waals surface area contributed by atoms with Gasteiger partial charge in [0.25, 0.3) is 0 Å². The van der Waals surface area contributed by atoms with Crippen molar-refractivity contribution in [3.63, 3.8) is 0 Å². The number of anilines is 1. The van der Waals surface area contributed by atoms with Crippen LogP contribution in [0.2, 0.25) is 0 Å². The van der Waals surface area contributed by atoms with E-state index in [1.54, 1.807) is 0 Å². The van der Waals surface area contributed by atoms with Crippen LogP contribution in [0.1, 0.15) is 50.1 Å². The average molecular weight is 349 g/mol. The number of fused-ring (bicyclic) bond motifs is 1. The highest BCUT2D eigenvalue weighted by molar-refractivity contribution is 5.40. The summed E-state index contributed by atoms with van der Waals surface area (Å²) in [6.45, 7) is 2.15. The number of hydrogen-bond donors (Lipinski definition) is 1. The van der Waals surface area contributed by atoms with Crippen LogP contribution in [0.15, 0.2) is 48.7 Å². The number of pyridine rings is 1. The lowest BCUT2D eigenvalue weighted by Gasteiger charge is -2.49. The first-order valence-corrected chi connectivity index (χ1v) is 10.0. The van der Waals surface area contributed by atoms with Gasteiger partial charge in [-0.1, -0.05) is 24.3 Å². The molecule has 1 aromatic heterocycles. The molecule has 0 bridgehead atoms. The Morgan fingerprint density at radius 1 is 1.04 bits per heavy atom. The Morgan fingerprint density at radius 2 is 1.85 bits per heavy atom. The van der Waals surface area contributed by atoms with Gasteiger partial charge in [0.15, 0.2) is 0 Å². The molecule has 2 aromatic rings. The molecule has 2 aliphatic heterocycles. The fraction of sp³-hybridized carbons (Fsp3) is 0.500. The van der Waals surface area contributed by atoms with Crippen molar-refractivity contribution < 1.29 is 4.74 Å². The second-order valence-electron chi connectivity index (χ2n) is 8.05. The Bertz CT molecular complexity index is 751. The van der Waals surface area contributed by atoms with Gasteiger partial charge in [0.2, 0.25) is 0 Å². The first-order valence-electron chi connectivity index (χ1n) is 10.0. The summed E-state index contributed by atoms with van der Waals surface area (Å²) in [6.07, 6.45) is 9.06. The van der Waals surface area contributed by atoms with Gasteiger partial charge >= 0.3 is 0 Å². The third-order valence-corrected chi connectivity index (χ3v) is 6.37. The van der Waals surface area contributed by atoms with Crippen molar-refractivity contribution in [3.05, 3.63) is 54.2 Å². The minimum atomic E-state index is 0.0979. The minimum Gasteiger partial charge on any atom is -0.487 e. The molecule has 5 rings (SSSR count). The van der Waals surface area contributed by atoms with Crippen molar-refractivity contribution in [2.45, 2.75) is 56.2 Å². The normalized spacial score (nSPS) is 24.6. The molecule has 4 nitrogen and oxygen atoms in total. The number of aromatic nitrogens is 1. The fourth-order valence-electron chi connectivity index (χ4n) is 4.74. The molecule has 0 unspecified atom stereocenters. The summed E-state index contributed by atoms with van der Waals surface area (Å²) in [4.78, 5) is 6.91. The van der Waals surface area contributed by atoms with Gasteiger partial charge in [-0.05, 0) is 50.3 Å². The second kappa shape index (κ2) is 6.58. The Kier molecular flexibility index (Phi) is 4.08. The monoisotopic (exact) mass is 349 g/mol. The summed E-state index contributed by atoms with van der Waals surface area (Å²) in [6, 6.07) is 15.8. The SMILES string of the molecule is c1ccc(N2CCC(N[C@@H]3CC4(CCC4)Oc4ccccc43)CC2)nc1. The van der Waals surface area contributed by atoms with Crippen LogP contribution in [-0.4, -0.2) is 29.7 Å². The molecule has 2 fully saturated rings. The van der Waals surface area contributed by atoms with Crippen LogP contribution in [0.3, 0.4) is 0 Å². The summed E-state index contributed by atoms with van der Waals surface area (Å²) in [5, 5.41) is 3.98. The van der Waals surface area contributed by atoms with Gasteiger partial charge in [-0.15, -0.1) is 0 Å². The molecular weight excluding hydrogens is 322 g/mol. The standard InChI is InChI=1S/C22H27N3O/c1-2-7-20-18(6-1)19(16-22(26-20)11-5-12-22)24-17-9-14-25(15-10-17)21-8-3-4-13-23-21/h1-4,6-8,13,17,19,24H,5,9-12,14-16H2/t19-/m1/s1. The summed E-state index contributed by atoms with van der Waals surface area (Å²) in [7, 11) is 0. The summed E-state index contributed by atoms with van der Waals surface area (Å²) < 4.78 is 6.39. The average Bonchev–Trinajstić information content (AvgIpc) is 2.68. The number of rotatable bonds is 3. The minimum absolute atomic E-state index is 0.0979. The number of nitrogens with one attached hydrogen (secondary N) is 1. The maximum absolute atomic E-state index is 6.39. The number of benzene rings is 1. The lowest BCUT2D eigenvalue weighted by molar-refractivity contribution is -0.0383. The topological polar surface area (TPSA) is 37.4 Å². The predicted octanol–water partition coefficient (Wildman–Crippen LogP) is 4.09. The molecule has 1 aliphatic carbocycles. The third-order valence-electron chi connectivity index (χ3n) is 6.37. The van der Waals surface area contributed by atoms with E-state index in [9.17, 15) is 0 Å². The van der Waals surface area contributed by atoms with Crippen molar-refractivity contribution in [3.8, 4) is 5.75 Å². The number of para-hydroxylation sites is 1. The van der Waals surface area contributed by atoms with Gasteiger partial charge in [0.05, 0.1) is 0 Å². The van der Waals surface area contributed by atoms with Crippen LogP contribution in [0, 0.1) is 0 Å². The van der Waals surface area contributed by atoms with E-state index in [-0.39, 0.29) is 5.60 Å². The van der Waals surface area contributed by atoms with Crippen molar-refractivity contribution in [1.82, 2.24) is 10.3 Å². The quantitative estimate of drug-likeness (QED) is 0.906. The number of piperidine rings is 1. The molecule has 26 heavy (non-hydrogen) atoms. The van der Waals surface area contributed by atoms with Crippen LogP contribution in [0.25, 0.3) is 0 Å². The molecular formula is C22H27N3O. The summed E-state index contributed by atoms with van der Waals surface area (Å²) >= 11 is 0. The van der Waals surface area contributed by atoms with E-state index in [1.165, 1.54) is 37.7 Å². The largest absolute Gasteiger partial charge is 0.487 e. The summed E-state index contributed by atoms with van der Waals surface area (Å²) in [5.74, 6) is 2.21. The zero-order valence-electron chi connectivity index (χ0n) is 15.2. The van der Waals surface area contributed by atoms with E-state index >= 15 is 0 Å². The van der Waals surface area contributed by atoms with Crippen LogP contribution < -0.4 is 15.0 Å². The fourth-order valence-corrected chi connectivity index (χ4v) is 4.74. The molecule has 3 aliphatic rings. The Labute approximate surface area is 155 Å². The van der Waals surface area contributed by atoms with Crippen molar-refractivity contribution in [1.29, 1.82) is 0 Å². The predicted molar refractivity (Wildman–Crippen MR) is 104 cm³/mol. The van der Waals surface area contributed by atoms with Crippen molar-refractivity contribution in [2.75, 3.05) is 18.0 Å². The maximum atomic E-state index is 6.39. The molecule has 3 heterocycles. The molecule has 0 amide bonds. The molecule has 0 radical (unpaired) electrons. The van der Waals surface area contributed by atoms with E-state index in [2.05, 4.69) is 51.6 Å². The van der Waals surface area contributed by atoms with Crippen LogP contribution >= 0.6 is 0 Å². The third kappa shape index (κ3) is 2.96. The Hall–Kier alpha value is -2.07. The van der Waals surface area contributed by atoms with Crippen LogP contribution in [0.4, 0.5) is 5.82 Å². The molecule has 1 atom stereocenters. The lowest BCUT2D eigenvalue weighted by Crippen LogP contribution is -2.51. The van der Waals surface area contributed by atoms with Crippen LogP contribution in [0.5, 0.6) is 5.75 Å². The number of nitrogens with zero attached hydrogens (tertiary/aromatic N) is 2. The summed E-state index contributed by atoms with van der Waals surface area (Å²) in [5.41, 5.74) is 1.44. The maximum Gasteiger partial charge on any atom is 0.128 e. The molecule has 136 valence electrons. The van der Waals surface area contributed by atoms with Gasteiger partial charge in [0, 0.05) is 43.4 Å². The Balaban J connectivity index is 1.27. The number of ether oxygens (including phenoxy) is 1. The smallest absolute Gasteiger partial charge is 0.128 e. The molecule has 1 saturated heterocycles. The Morgan fingerprint density at radius 3 is 2.58 bits per heavy atom. The highest BCUT2D eigenvalue weighted by Gasteiger charge is 2.45. The van der Waals surface area contributed by atoms with Gasteiger partial charge in [-0.3, -0.25) is 0 Å². The van der Waals surface area contributed by atoms with Crippen molar-refractivity contribution in [2.24, 2.45) is 0 Å². The first-order chi connectivity index (χ1) is 12.8. The zero-order valence-corrected chi connectivity index (χ0v) is 15.2. The molecule has 1 aromatic carbocycles. The van der Waals surface area contributed by atoms with Crippen LogP contribution in [-0.2, 0) is 0 Å². The second-order valence-corrected chi connectivity index (χ2v) is 8.05. The molecule has 4 heteroatoms. The molecule has 1 N–H and O–H groups in total. The van der Waals surface area contributed by atoms with E-state index in [1.807, 2.05) is 12.3 Å². The van der Waals surface area contributed by atoms with E-state index in [0.717, 1.165) is 31.1 Å². The van der Waals surface area contributed by atoms with E-state index in [0.29, 0.717) is 12.1 Å². The lowest BCUT2D eigenvalue weighted by atomic mass is 9.72. The highest BCUT2D eigenvalue weighted by atomic mass is 16.5.